The second-order valence-electron chi connectivity index (χ2n) is 5.47. The van der Waals surface area contributed by atoms with Crippen LogP contribution in [-0.4, -0.2) is 35.3 Å². The monoisotopic (exact) mass is 333 g/mol. The summed E-state index contributed by atoms with van der Waals surface area (Å²) in [6.45, 7) is 4.76. The average molecular weight is 333 g/mol. The molecule has 0 spiro atoms. The van der Waals surface area contributed by atoms with Crippen molar-refractivity contribution in [2.45, 2.75) is 32.8 Å². The van der Waals surface area contributed by atoms with Crippen LogP contribution in [0.15, 0.2) is 30.3 Å². The first-order chi connectivity index (χ1) is 11.0. The average Bonchev–Trinajstić information content (AvgIpc) is 2.84. The number of benzene rings is 1. The van der Waals surface area contributed by atoms with Gasteiger partial charge in [0.25, 0.3) is 0 Å². The zero-order valence-corrected chi connectivity index (χ0v) is 14.3. The van der Waals surface area contributed by atoms with Crippen molar-refractivity contribution in [3.05, 3.63) is 51.5 Å². The van der Waals surface area contributed by atoms with Crippen LogP contribution in [0.3, 0.4) is 0 Å². The Kier molecular flexibility index (Phi) is 6.55. The van der Waals surface area contributed by atoms with Gasteiger partial charge in [-0.05, 0) is 19.4 Å². The highest BCUT2D eigenvalue weighted by Gasteiger charge is 2.09. The maximum atomic E-state index is 11.7. The van der Waals surface area contributed by atoms with E-state index in [1.807, 2.05) is 44.2 Å². The van der Waals surface area contributed by atoms with E-state index in [1.54, 1.807) is 11.3 Å². The fourth-order valence-corrected chi connectivity index (χ4v) is 3.26. The van der Waals surface area contributed by atoms with Crippen LogP contribution in [0.2, 0.25) is 0 Å². The lowest BCUT2D eigenvalue weighted by Crippen LogP contribution is -2.41. The molecule has 0 aliphatic carbocycles. The molecule has 0 aliphatic rings. The van der Waals surface area contributed by atoms with Crippen molar-refractivity contribution in [1.29, 1.82) is 0 Å². The van der Waals surface area contributed by atoms with Gasteiger partial charge in [-0.2, -0.15) is 0 Å². The Morgan fingerprint density at radius 1 is 1.26 bits per heavy atom. The van der Waals surface area contributed by atoms with Gasteiger partial charge >= 0.3 is 6.03 Å². The normalized spacial score (nSPS) is 12.0. The Labute approximate surface area is 140 Å². The molecule has 2 rings (SSSR count). The third-order valence-electron chi connectivity index (χ3n) is 3.45. The van der Waals surface area contributed by atoms with Crippen LogP contribution in [0.5, 0.6) is 0 Å². The maximum absolute atomic E-state index is 11.7. The van der Waals surface area contributed by atoms with Crippen LogP contribution < -0.4 is 10.6 Å². The molecule has 124 valence electrons. The first kappa shape index (κ1) is 17.4. The number of hydrogen-bond donors (Lipinski definition) is 3. The number of urea groups is 1. The predicted octanol–water partition coefficient (Wildman–Crippen LogP) is 2.21. The molecular weight excluding hydrogens is 310 g/mol. The van der Waals surface area contributed by atoms with Gasteiger partial charge in [-0.15, -0.1) is 11.3 Å². The minimum Gasteiger partial charge on any atom is -0.391 e. The van der Waals surface area contributed by atoms with Gasteiger partial charge in [-0.1, -0.05) is 30.3 Å². The lowest BCUT2D eigenvalue weighted by atomic mass is 10.1. The Bertz CT molecular complexity index is 628. The number of thiazole rings is 1. The van der Waals surface area contributed by atoms with E-state index in [0.717, 1.165) is 22.7 Å². The van der Waals surface area contributed by atoms with E-state index in [4.69, 9.17) is 0 Å². The molecule has 0 bridgehead atoms. The molecule has 1 unspecified atom stereocenters. The minimum atomic E-state index is -0.588. The highest BCUT2D eigenvalue weighted by molar-refractivity contribution is 7.11. The van der Waals surface area contributed by atoms with E-state index < -0.39 is 6.10 Å². The second kappa shape index (κ2) is 8.64. The Hall–Kier alpha value is -1.92. The van der Waals surface area contributed by atoms with Gasteiger partial charge in [0.2, 0.25) is 0 Å². The summed E-state index contributed by atoms with van der Waals surface area (Å²) >= 11 is 1.66. The number of amides is 2. The molecule has 0 aliphatic heterocycles. The zero-order chi connectivity index (χ0) is 16.7. The largest absolute Gasteiger partial charge is 0.391 e. The van der Waals surface area contributed by atoms with Crippen molar-refractivity contribution in [3.63, 3.8) is 0 Å². The van der Waals surface area contributed by atoms with E-state index in [0.29, 0.717) is 13.0 Å². The molecule has 2 amide bonds. The number of aryl methyl sites for hydroxylation is 2. The molecule has 0 saturated heterocycles. The van der Waals surface area contributed by atoms with Gasteiger partial charge in [-0.25, -0.2) is 9.78 Å². The van der Waals surface area contributed by atoms with E-state index in [9.17, 15) is 9.90 Å². The molecule has 0 radical (unpaired) electrons. The zero-order valence-electron chi connectivity index (χ0n) is 13.5. The van der Waals surface area contributed by atoms with Crippen molar-refractivity contribution in [2.75, 3.05) is 13.1 Å². The quantitative estimate of drug-likeness (QED) is 0.727. The number of aliphatic hydroxyl groups is 1. The number of nitrogens with one attached hydrogen (secondary N) is 2. The molecule has 0 saturated carbocycles. The van der Waals surface area contributed by atoms with Crippen molar-refractivity contribution >= 4 is 17.4 Å². The molecule has 6 heteroatoms. The third-order valence-corrected chi connectivity index (χ3v) is 4.58. The number of nitrogens with zero attached hydrogens (tertiary/aromatic N) is 1. The van der Waals surface area contributed by atoms with Crippen molar-refractivity contribution in [3.8, 4) is 0 Å². The van der Waals surface area contributed by atoms with Crippen LogP contribution in [-0.2, 0) is 12.8 Å². The molecule has 0 fully saturated rings. The summed E-state index contributed by atoms with van der Waals surface area (Å²) in [5.41, 5.74) is 2.09. The van der Waals surface area contributed by atoms with Gasteiger partial charge in [-0.3, -0.25) is 0 Å². The molecule has 3 N–H and O–H groups in total. The number of aromatic nitrogens is 1. The van der Waals surface area contributed by atoms with E-state index in [-0.39, 0.29) is 12.6 Å². The lowest BCUT2D eigenvalue weighted by Gasteiger charge is -2.12. The van der Waals surface area contributed by atoms with Crippen LogP contribution in [0.1, 0.15) is 21.1 Å². The van der Waals surface area contributed by atoms with E-state index in [2.05, 4.69) is 15.6 Å². The standard InChI is InChI=1S/C17H23N3O2S/c1-12-16(23-13(2)20-12)8-9-18-17(22)19-11-15(21)10-14-6-4-3-5-7-14/h3-7,15,21H,8-11H2,1-2H3,(H2,18,19,22). The highest BCUT2D eigenvalue weighted by Crippen LogP contribution is 2.16. The summed E-state index contributed by atoms with van der Waals surface area (Å²) in [4.78, 5) is 17.3. The third kappa shape index (κ3) is 6.00. The predicted molar refractivity (Wildman–Crippen MR) is 92.8 cm³/mol. The first-order valence-electron chi connectivity index (χ1n) is 7.71. The number of hydrogen-bond acceptors (Lipinski definition) is 4. The van der Waals surface area contributed by atoms with Gasteiger partial charge in [0.15, 0.2) is 0 Å². The molecular formula is C17H23N3O2S. The van der Waals surface area contributed by atoms with Gasteiger partial charge in [0.05, 0.1) is 16.8 Å². The number of carbonyl (C=O) groups is 1. The Morgan fingerprint density at radius 3 is 2.65 bits per heavy atom. The molecule has 1 atom stereocenters. The number of aliphatic hydroxyl groups excluding tert-OH is 1. The summed E-state index contributed by atoms with van der Waals surface area (Å²) in [7, 11) is 0. The van der Waals surface area contributed by atoms with Crippen molar-refractivity contribution < 1.29 is 9.90 Å². The summed E-state index contributed by atoms with van der Waals surface area (Å²) in [6, 6.07) is 9.48. The summed E-state index contributed by atoms with van der Waals surface area (Å²) in [5, 5.41) is 16.5. The van der Waals surface area contributed by atoms with Crippen molar-refractivity contribution in [1.82, 2.24) is 15.6 Å². The maximum Gasteiger partial charge on any atom is 0.314 e. The van der Waals surface area contributed by atoms with Crippen LogP contribution in [0.25, 0.3) is 0 Å². The first-order valence-corrected chi connectivity index (χ1v) is 8.53. The highest BCUT2D eigenvalue weighted by atomic mass is 32.1. The number of carbonyl (C=O) groups excluding carboxylic acids is 1. The molecule has 1 aromatic carbocycles. The van der Waals surface area contributed by atoms with Crippen LogP contribution in [0, 0.1) is 13.8 Å². The van der Waals surface area contributed by atoms with Gasteiger partial charge in [0, 0.05) is 30.8 Å². The van der Waals surface area contributed by atoms with Crippen molar-refractivity contribution in [2.24, 2.45) is 0 Å². The topological polar surface area (TPSA) is 74.2 Å². The number of rotatable bonds is 7. The Balaban J connectivity index is 1.64. The fourth-order valence-electron chi connectivity index (χ4n) is 2.33. The molecule has 2 aromatic rings. The summed E-state index contributed by atoms with van der Waals surface area (Å²) in [6.07, 6.45) is 0.715. The van der Waals surface area contributed by atoms with Crippen LogP contribution >= 0.6 is 11.3 Å². The summed E-state index contributed by atoms with van der Waals surface area (Å²) in [5.74, 6) is 0. The Morgan fingerprint density at radius 2 is 2.00 bits per heavy atom. The van der Waals surface area contributed by atoms with E-state index >= 15 is 0 Å². The molecule has 1 heterocycles. The fraction of sp³-hybridized carbons (Fsp3) is 0.412. The van der Waals surface area contributed by atoms with Crippen LogP contribution in [0.4, 0.5) is 4.79 Å². The van der Waals surface area contributed by atoms with Gasteiger partial charge in [0.1, 0.15) is 0 Å². The summed E-state index contributed by atoms with van der Waals surface area (Å²) < 4.78 is 0. The lowest BCUT2D eigenvalue weighted by molar-refractivity contribution is 0.170. The minimum absolute atomic E-state index is 0.236. The molecule has 1 aromatic heterocycles. The second-order valence-corrected chi connectivity index (χ2v) is 6.76. The molecule has 23 heavy (non-hydrogen) atoms. The molecule has 5 nitrogen and oxygen atoms in total. The van der Waals surface area contributed by atoms with Gasteiger partial charge < -0.3 is 15.7 Å². The van der Waals surface area contributed by atoms with E-state index in [1.165, 1.54) is 4.88 Å². The smallest absolute Gasteiger partial charge is 0.314 e. The SMILES string of the molecule is Cc1nc(C)c(CCNC(=O)NCC(O)Cc2ccccc2)s1.